The Balaban J connectivity index is 1.52. The van der Waals surface area contributed by atoms with Gasteiger partial charge in [0.15, 0.2) is 11.5 Å². The molecule has 0 unspecified atom stereocenters. The Kier molecular flexibility index (Phi) is 7.53. The molecular weight excluding hydrogens is 456 g/mol. The quantitative estimate of drug-likeness (QED) is 0.459. The van der Waals surface area contributed by atoms with Crippen LogP contribution in [0.3, 0.4) is 0 Å². The average molecular weight is 487 g/mol. The monoisotopic (exact) mass is 486 g/mol. The Morgan fingerprint density at radius 3 is 2.50 bits per heavy atom. The molecule has 8 nitrogen and oxygen atoms in total. The molecule has 0 bridgehead atoms. The van der Waals surface area contributed by atoms with Crippen molar-refractivity contribution in [3.8, 4) is 11.5 Å². The smallest absolute Gasteiger partial charge is 0.274 e. The maximum Gasteiger partial charge on any atom is 0.274 e. The molecule has 1 heterocycles. The number of rotatable bonds is 7. The van der Waals surface area contributed by atoms with Crippen LogP contribution in [0.4, 0.5) is 11.4 Å². The second-order valence-corrected chi connectivity index (χ2v) is 8.77. The third kappa shape index (κ3) is 5.83. The molecule has 3 aromatic carbocycles. The van der Waals surface area contributed by atoms with Crippen LogP contribution in [0.25, 0.3) is 0 Å². The van der Waals surface area contributed by atoms with Crippen molar-refractivity contribution in [2.75, 3.05) is 24.7 Å². The Morgan fingerprint density at radius 1 is 1.00 bits per heavy atom. The summed E-state index contributed by atoms with van der Waals surface area (Å²) in [6.45, 7) is 4.42. The number of ether oxygens (including phenoxy) is 2. The molecule has 1 aliphatic rings. The van der Waals surface area contributed by atoms with Gasteiger partial charge in [0.25, 0.3) is 11.8 Å². The highest BCUT2D eigenvalue weighted by atomic mass is 16.5. The number of nitrogens with two attached hydrogens (primary N) is 1. The molecule has 36 heavy (non-hydrogen) atoms. The molecule has 3 N–H and O–H groups in total. The fourth-order valence-corrected chi connectivity index (χ4v) is 3.91. The van der Waals surface area contributed by atoms with Crippen LogP contribution in [0, 0.1) is 0 Å². The minimum absolute atomic E-state index is 0.00619. The van der Waals surface area contributed by atoms with E-state index in [9.17, 15) is 9.59 Å². The van der Waals surface area contributed by atoms with Crippen LogP contribution in [0.2, 0.25) is 0 Å². The summed E-state index contributed by atoms with van der Waals surface area (Å²) in [4.78, 5) is 25.8. The number of carbonyl (C=O) groups is 2. The summed E-state index contributed by atoms with van der Waals surface area (Å²) < 4.78 is 11.3. The Bertz CT molecular complexity index is 1280. The number of anilines is 2. The molecule has 0 aromatic heterocycles. The molecular formula is C28H30N4O4. The first-order valence-electron chi connectivity index (χ1n) is 11.9. The van der Waals surface area contributed by atoms with Gasteiger partial charge in [-0.05, 0) is 87.4 Å². The fourth-order valence-electron chi connectivity index (χ4n) is 3.91. The van der Waals surface area contributed by atoms with Crippen LogP contribution in [0.1, 0.15) is 53.0 Å². The number of amides is 2. The summed E-state index contributed by atoms with van der Waals surface area (Å²) in [5.41, 5.74) is 9.40. The van der Waals surface area contributed by atoms with Crippen molar-refractivity contribution >= 4 is 28.9 Å². The molecule has 2 amide bonds. The molecule has 3 aromatic rings. The third-order valence-corrected chi connectivity index (χ3v) is 5.66. The molecule has 0 radical (unpaired) electrons. The first-order chi connectivity index (χ1) is 17.3. The average Bonchev–Trinajstić information content (AvgIpc) is 2.88. The summed E-state index contributed by atoms with van der Waals surface area (Å²) in [5, 5.41) is 8.97. The van der Waals surface area contributed by atoms with Crippen molar-refractivity contribution in [3.63, 3.8) is 0 Å². The first kappa shape index (κ1) is 24.8. The van der Waals surface area contributed by atoms with E-state index in [2.05, 4.69) is 10.4 Å². The van der Waals surface area contributed by atoms with Crippen LogP contribution in [0.15, 0.2) is 71.8 Å². The molecule has 0 saturated heterocycles. The predicted molar refractivity (Wildman–Crippen MR) is 141 cm³/mol. The molecule has 8 heteroatoms. The summed E-state index contributed by atoms with van der Waals surface area (Å²) in [6.07, 6.45) is 1.52. The zero-order valence-electron chi connectivity index (χ0n) is 20.7. The normalized spacial score (nSPS) is 13.2. The van der Waals surface area contributed by atoms with Gasteiger partial charge in [0.2, 0.25) is 0 Å². The van der Waals surface area contributed by atoms with E-state index >= 15 is 0 Å². The van der Waals surface area contributed by atoms with Crippen molar-refractivity contribution in [2.45, 2.75) is 32.8 Å². The van der Waals surface area contributed by atoms with Crippen molar-refractivity contribution in [2.24, 2.45) is 5.10 Å². The summed E-state index contributed by atoms with van der Waals surface area (Å²) in [6, 6.07) is 19.2. The number of carbonyl (C=O) groups excluding carboxylic acids is 2. The lowest BCUT2D eigenvalue weighted by Gasteiger charge is -2.24. The lowest BCUT2D eigenvalue weighted by molar-refractivity contribution is 0.0751. The predicted octanol–water partition coefficient (Wildman–Crippen LogP) is 4.96. The molecule has 0 fully saturated rings. The van der Waals surface area contributed by atoms with Gasteiger partial charge in [-0.3, -0.25) is 9.59 Å². The van der Waals surface area contributed by atoms with E-state index in [1.807, 2.05) is 32.0 Å². The van der Waals surface area contributed by atoms with Crippen molar-refractivity contribution < 1.29 is 19.1 Å². The number of hydrogen-bond acceptors (Lipinski definition) is 6. The Hall–Kier alpha value is -4.33. The molecule has 0 saturated carbocycles. The van der Waals surface area contributed by atoms with Crippen molar-refractivity contribution in [1.82, 2.24) is 5.01 Å². The van der Waals surface area contributed by atoms with Gasteiger partial charge in [0, 0.05) is 34.6 Å². The van der Waals surface area contributed by atoms with Gasteiger partial charge in [-0.15, -0.1) is 0 Å². The van der Waals surface area contributed by atoms with E-state index in [0.717, 1.165) is 24.1 Å². The molecule has 1 aliphatic heterocycles. The molecule has 0 spiro atoms. The van der Waals surface area contributed by atoms with Gasteiger partial charge < -0.3 is 20.5 Å². The third-order valence-electron chi connectivity index (χ3n) is 5.66. The minimum atomic E-state index is -0.281. The van der Waals surface area contributed by atoms with Gasteiger partial charge in [-0.2, -0.15) is 5.10 Å². The van der Waals surface area contributed by atoms with E-state index in [1.54, 1.807) is 55.6 Å². The van der Waals surface area contributed by atoms with Crippen LogP contribution in [-0.4, -0.2) is 42.3 Å². The second-order valence-electron chi connectivity index (χ2n) is 8.77. The van der Waals surface area contributed by atoms with Crippen molar-refractivity contribution in [3.05, 3.63) is 83.4 Å². The van der Waals surface area contributed by atoms with E-state index < -0.39 is 0 Å². The van der Waals surface area contributed by atoms with E-state index in [-0.39, 0.29) is 17.9 Å². The van der Waals surface area contributed by atoms with E-state index in [0.29, 0.717) is 40.5 Å². The number of hydrazone groups is 1. The zero-order chi connectivity index (χ0) is 25.7. The summed E-state index contributed by atoms with van der Waals surface area (Å²) in [5.74, 6) is 0.773. The standard InChI is InChI=1S/C28H30N4O4/c1-18(2)36-26-17-20(11-14-25(26)35-3)24-8-5-15-32(31-24)28(34)21-6-4-7-23(16-21)30-27(33)19-9-12-22(29)13-10-19/h4,6-7,9-14,16-18H,5,8,15,29H2,1-3H3,(H,30,33). The van der Waals surface area contributed by atoms with E-state index in [4.69, 9.17) is 15.2 Å². The molecule has 0 aliphatic carbocycles. The van der Waals surface area contributed by atoms with Gasteiger partial charge in [-0.1, -0.05) is 6.07 Å². The highest BCUT2D eigenvalue weighted by Crippen LogP contribution is 2.30. The number of nitrogens with zero attached hydrogens (tertiary/aromatic N) is 2. The lowest BCUT2D eigenvalue weighted by Crippen LogP contribution is -2.32. The number of benzene rings is 3. The number of nitrogen functional groups attached to an aromatic ring is 1. The zero-order valence-corrected chi connectivity index (χ0v) is 20.7. The number of hydrogen-bond donors (Lipinski definition) is 2. The highest BCUT2D eigenvalue weighted by molar-refractivity contribution is 6.06. The summed E-state index contributed by atoms with van der Waals surface area (Å²) >= 11 is 0. The topological polar surface area (TPSA) is 106 Å². The second kappa shape index (κ2) is 10.9. The highest BCUT2D eigenvalue weighted by Gasteiger charge is 2.22. The van der Waals surface area contributed by atoms with Gasteiger partial charge >= 0.3 is 0 Å². The Labute approximate surface area is 210 Å². The van der Waals surface area contributed by atoms with Gasteiger partial charge in [-0.25, -0.2) is 5.01 Å². The first-order valence-corrected chi connectivity index (χ1v) is 11.9. The van der Waals surface area contributed by atoms with Crippen molar-refractivity contribution in [1.29, 1.82) is 0 Å². The SMILES string of the molecule is COc1ccc(C2=NN(C(=O)c3cccc(NC(=O)c4ccc(N)cc4)c3)CCC2)cc1OC(C)C. The maximum atomic E-state index is 13.3. The van der Waals surface area contributed by atoms with Gasteiger partial charge in [0.05, 0.1) is 18.9 Å². The lowest BCUT2D eigenvalue weighted by atomic mass is 10.0. The van der Waals surface area contributed by atoms with Crippen LogP contribution < -0.4 is 20.5 Å². The van der Waals surface area contributed by atoms with Crippen LogP contribution in [0.5, 0.6) is 11.5 Å². The largest absolute Gasteiger partial charge is 0.493 e. The number of methoxy groups -OCH3 is 1. The summed E-state index contributed by atoms with van der Waals surface area (Å²) in [7, 11) is 1.60. The maximum absolute atomic E-state index is 13.3. The van der Waals surface area contributed by atoms with Crippen LogP contribution >= 0.6 is 0 Å². The van der Waals surface area contributed by atoms with E-state index in [1.165, 1.54) is 5.01 Å². The fraction of sp³-hybridized carbons (Fsp3) is 0.250. The number of nitrogens with one attached hydrogen (secondary N) is 1. The van der Waals surface area contributed by atoms with Gasteiger partial charge in [0.1, 0.15) is 0 Å². The molecule has 0 atom stereocenters. The Morgan fingerprint density at radius 2 is 1.78 bits per heavy atom. The molecule has 4 rings (SSSR count). The minimum Gasteiger partial charge on any atom is -0.493 e. The van der Waals surface area contributed by atoms with Crippen LogP contribution in [-0.2, 0) is 0 Å². The molecule has 186 valence electrons.